The lowest BCUT2D eigenvalue weighted by molar-refractivity contribution is -0.136. The summed E-state index contributed by atoms with van der Waals surface area (Å²) in [6.07, 6.45) is 1.25. The highest BCUT2D eigenvalue weighted by Crippen LogP contribution is 2.25. The smallest absolute Gasteiger partial charge is 0.260 e. The Balaban J connectivity index is 1.25. The van der Waals surface area contributed by atoms with E-state index in [9.17, 15) is 9.59 Å². The average Bonchev–Trinajstić information content (AvgIpc) is 3.35. The number of hydrogen-bond acceptors (Lipinski definition) is 6. The highest BCUT2D eigenvalue weighted by atomic mass is 16.5. The summed E-state index contributed by atoms with van der Waals surface area (Å²) in [4.78, 5) is 31.4. The Morgan fingerprint density at radius 2 is 1.74 bits per heavy atom. The Kier molecular flexibility index (Phi) is 6.95. The van der Waals surface area contributed by atoms with Crippen LogP contribution in [0, 0.1) is 5.92 Å². The number of ether oxygens (including phenoxy) is 1. The first-order valence-corrected chi connectivity index (χ1v) is 11.5. The van der Waals surface area contributed by atoms with Crippen molar-refractivity contribution in [2.45, 2.75) is 39.0 Å². The number of nitrogens with zero attached hydrogens (tertiary/aromatic N) is 3. The summed E-state index contributed by atoms with van der Waals surface area (Å²) in [5, 5.41) is 7.03. The minimum Gasteiger partial charge on any atom is -0.484 e. The molecule has 8 nitrogen and oxygen atoms in total. The van der Waals surface area contributed by atoms with Crippen molar-refractivity contribution >= 4 is 17.5 Å². The molecule has 1 N–H and O–H groups in total. The van der Waals surface area contributed by atoms with Crippen LogP contribution in [0.15, 0.2) is 59.1 Å². The van der Waals surface area contributed by atoms with Gasteiger partial charge in [-0.1, -0.05) is 44.1 Å². The van der Waals surface area contributed by atoms with E-state index in [1.165, 1.54) is 0 Å². The van der Waals surface area contributed by atoms with Crippen molar-refractivity contribution in [3.63, 3.8) is 0 Å². The molecular weight excluding hydrogens is 432 g/mol. The molecule has 1 fully saturated rings. The number of anilines is 1. The second-order valence-electron chi connectivity index (χ2n) is 9.50. The maximum atomic E-state index is 12.7. The number of carbonyl (C=O) groups is 2. The molecule has 0 atom stereocenters. The fourth-order valence-corrected chi connectivity index (χ4v) is 3.74. The minimum atomic E-state index is -0.214. The van der Waals surface area contributed by atoms with Crippen LogP contribution in [-0.2, 0) is 15.0 Å². The van der Waals surface area contributed by atoms with Crippen molar-refractivity contribution in [2.75, 3.05) is 25.0 Å². The normalized spacial score (nSPS) is 14.6. The maximum Gasteiger partial charge on any atom is 0.260 e. The lowest BCUT2D eigenvalue weighted by Gasteiger charge is -2.31. The van der Waals surface area contributed by atoms with Crippen molar-refractivity contribution in [1.29, 1.82) is 0 Å². The van der Waals surface area contributed by atoms with Gasteiger partial charge in [0.25, 0.3) is 5.91 Å². The van der Waals surface area contributed by atoms with Crippen molar-refractivity contribution in [2.24, 2.45) is 5.92 Å². The van der Waals surface area contributed by atoms with E-state index in [-0.39, 0.29) is 29.8 Å². The van der Waals surface area contributed by atoms with Crippen LogP contribution in [-0.4, -0.2) is 46.6 Å². The molecule has 0 bridgehead atoms. The van der Waals surface area contributed by atoms with Gasteiger partial charge in [0.05, 0.1) is 0 Å². The monoisotopic (exact) mass is 462 g/mol. The molecular formula is C26H30N4O4. The van der Waals surface area contributed by atoms with Gasteiger partial charge in [0.1, 0.15) is 5.75 Å². The highest BCUT2D eigenvalue weighted by Gasteiger charge is 2.27. The zero-order valence-electron chi connectivity index (χ0n) is 19.8. The van der Waals surface area contributed by atoms with Gasteiger partial charge in [0, 0.05) is 35.7 Å². The number of nitrogens with one attached hydrogen (secondary N) is 1. The quantitative estimate of drug-likeness (QED) is 0.587. The maximum absolute atomic E-state index is 12.7. The van der Waals surface area contributed by atoms with Gasteiger partial charge in [-0.15, -0.1) is 0 Å². The molecule has 2 amide bonds. The summed E-state index contributed by atoms with van der Waals surface area (Å²) < 4.78 is 10.9. The van der Waals surface area contributed by atoms with Gasteiger partial charge in [0.15, 0.2) is 6.61 Å². The van der Waals surface area contributed by atoms with E-state index < -0.39 is 0 Å². The molecule has 34 heavy (non-hydrogen) atoms. The Morgan fingerprint density at radius 3 is 2.35 bits per heavy atom. The molecule has 0 saturated carbocycles. The van der Waals surface area contributed by atoms with Crippen LogP contribution >= 0.6 is 0 Å². The van der Waals surface area contributed by atoms with E-state index in [2.05, 4.69) is 15.5 Å². The number of hydrogen-bond donors (Lipinski definition) is 1. The number of piperidine rings is 1. The first-order chi connectivity index (χ1) is 16.3. The number of rotatable bonds is 6. The Bertz CT molecular complexity index is 1110. The largest absolute Gasteiger partial charge is 0.484 e. The molecule has 1 saturated heterocycles. The van der Waals surface area contributed by atoms with Crippen LogP contribution in [0.2, 0.25) is 0 Å². The second-order valence-corrected chi connectivity index (χ2v) is 9.50. The van der Waals surface area contributed by atoms with Crippen molar-refractivity contribution in [1.82, 2.24) is 15.0 Å². The zero-order chi connectivity index (χ0) is 24.1. The Hall–Kier alpha value is -3.68. The molecule has 2 heterocycles. The average molecular weight is 463 g/mol. The number of benzene rings is 2. The highest BCUT2D eigenvalue weighted by molar-refractivity contribution is 5.93. The molecule has 1 aromatic heterocycles. The lowest BCUT2D eigenvalue weighted by Crippen LogP contribution is -2.43. The topological polar surface area (TPSA) is 97.6 Å². The van der Waals surface area contributed by atoms with Gasteiger partial charge in [-0.3, -0.25) is 9.59 Å². The van der Waals surface area contributed by atoms with E-state index in [1.807, 2.05) is 75.4 Å². The van der Waals surface area contributed by atoms with Crippen molar-refractivity contribution < 1.29 is 18.8 Å². The predicted molar refractivity (Wildman–Crippen MR) is 128 cm³/mol. The molecule has 2 aromatic carbocycles. The Labute approximate surface area is 199 Å². The van der Waals surface area contributed by atoms with Crippen molar-refractivity contribution in [3.8, 4) is 17.1 Å². The van der Waals surface area contributed by atoms with Crippen LogP contribution in [0.5, 0.6) is 5.75 Å². The molecule has 8 heteroatoms. The number of para-hydroxylation sites is 1. The van der Waals surface area contributed by atoms with Gasteiger partial charge in [-0.05, 0) is 49.2 Å². The molecule has 0 radical (unpaired) electrons. The number of amides is 2. The number of aromatic nitrogens is 2. The summed E-state index contributed by atoms with van der Waals surface area (Å²) in [6, 6.07) is 16.7. The standard InChI is InChI=1S/C26H30N4O4/c1-26(2,3)25-28-23(29-34-25)18-9-11-20(12-10-18)27-24(32)19-13-15-30(16-14-19)22(31)17-33-21-7-5-4-6-8-21/h4-12,19H,13-17H2,1-3H3,(H,27,32). The molecule has 4 rings (SSSR count). The SMILES string of the molecule is CC(C)(C)c1nc(-c2ccc(NC(=O)C3CCN(C(=O)COc4ccccc4)CC3)cc2)no1. The predicted octanol–water partition coefficient (Wildman–Crippen LogP) is 4.29. The number of likely N-dealkylation sites (tertiary alicyclic amines) is 1. The molecule has 0 spiro atoms. The molecule has 1 aliphatic rings. The van der Waals surface area contributed by atoms with Crippen LogP contribution in [0.3, 0.4) is 0 Å². The van der Waals surface area contributed by atoms with E-state index in [0.717, 1.165) is 5.56 Å². The van der Waals surface area contributed by atoms with Crippen molar-refractivity contribution in [3.05, 3.63) is 60.5 Å². The first kappa shape index (κ1) is 23.5. The summed E-state index contributed by atoms with van der Waals surface area (Å²) in [6.45, 7) is 7.14. The molecule has 178 valence electrons. The summed E-state index contributed by atoms with van der Waals surface area (Å²) >= 11 is 0. The summed E-state index contributed by atoms with van der Waals surface area (Å²) in [7, 11) is 0. The summed E-state index contributed by atoms with van der Waals surface area (Å²) in [5.41, 5.74) is 1.32. The number of carbonyl (C=O) groups excluding carboxylic acids is 2. The van der Waals surface area contributed by atoms with Gasteiger partial charge in [-0.25, -0.2) is 0 Å². The lowest BCUT2D eigenvalue weighted by atomic mass is 9.95. The molecule has 0 aliphatic carbocycles. The second kappa shape index (κ2) is 10.1. The zero-order valence-corrected chi connectivity index (χ0v) is 19.8. The fraction of sp³-hybridized carbons (Fsp3) is 0.385. The molecule has 3 aromatic rings. The van der Waals surface area contributed by atoms with Crippen LogP contribution in [0.1, 0.15) is 39.5 Å². The van der Waals surface area contributed by atoms with Crippen LogP contribution in [0.25, 0.3) is 11.4 Å². The van der Waals surface area contributed by atoms with Crippen LogP contribution < -0.4 is 10.1 Å². The Morgan fingerprint density at radius 1 is 1.06 bits per heavy atom. The third-order valence-electron chi connectivity index (χ3n) is 5.80. The van der Waals surface area contributed by atoms with Gasteiger partial charge >= 0.3 is 0 Å². The van der Waals surface area contributed by atoms with E-state index >= 15 is 0 Å². The molecule has 1 aliphatic heterocycles. The third-order valence-corrected chi connectivity index (χ3v) is 5.80. The van der Waals surface area contributed by atoms with Gasteiger partial charge < -0.3 is 19.5 Å². The minimum absolute atomic E-state index is 0.00481. The van der Waals surface area contributed by atoms with Crippen LogP contribution in [0.4, 0.5) is 5.69 Å². The third kappa shape index (κ3) is 5.81. The van der Waals surface area contributed by atoms with Gasteiger partial charge in [-0.2, -0.15) is 4.98 Å². The first-order valence-electron chi connectivity index (χ1n) is 11.5. The molecule has 0 unspecified atom stereocenters. The van der Waals surface area contributed by atoms with E-state index in [0.29, 0.717) is 49.1 Å². The van der Waals surface area contributed by atoms with E-state index in [1.54, 1.807) is 4.90 Å². The fourth-order valence-electron chi connectivity index (χ4n) is 3.74. The van der Waals surface area contributed by atoms with E-state index in [4.69, 9.17) is 9.26 Å². The summed E-state index contributed by atoms with van der Waals surface area (Å²) in [5.74, 6) is 1.55. The van der Waals surface area contributed by atoms with Gasteiger partial charge in [0.2, 0.25) is 17.6 Å².